The van der Waals surface area contributed by atoms with Crippen molar-refractivity contribution in [2.75, 3.05) is 54.0 Å². The van der Waals surface area contributed by atoms with Gasteiger partial charge in [0.05, 0.1) is 0 Å². The van der Waals surface area contributed by atoms with Crippen LogP contribution in [0.4, 0.5) is 17.5 Å². The summed E-state index contributed by atoms with van der Waals surface area (Å²) in [5, 5.41) is 0. The monoisotopic (exact) mass is 337 g/mol. The highest BCUT2D eigenvalue weighted by Crippen LogP contribution is 2.23. The Hall–Kier alpha value is -2.30. The van der Waals surface area contributed by atoms with Crippen molar-refractivity contribution in [3.8, 4) is 0 Å². The quantitative estimate of drug-likeness (QED) is 0.860. The number of piperazine rings is 1. The fraction of sp³-hybridized carbons (Fsp3) is 0.500. The van der Waals surface area contributed by atoms with E-state index in [9.17, 15) is 0 Å². The Morgan fingerprint density at radius 2 is 1.48 bits per heavy atom. The Balaban J connectivity index is 1.40. The van der Waals surface area contributed by atoms with E-state index >= 15 is 0 Å². The summed E-state index contributed by atoms with van der Waals surface area (Å²) in [6, 6.07) is 12.7. The van der Waals surface area contributed by atoms with Crippen LogP contribution in [0.1, 0.15) is 19.8 Å². The van der Waals surface area contributed by atoms with Gasteiger partial charge in [0.25, 0.3) is 0 Å². The Labute approximate surface area is 150 Å². The molecule has 3 heterocycles. The van der Waals surface area contributed by atoms with Gasteiger partial charge in [-0.1, -0.05) is 25.1 Å². The largest absolute Gasteiger partial charge is 0.368 e. The number of piperidine rings is 1. The van der Waals surface area contributed by atoms with Crippen molar-refractivity contribution in [2.45, 2.75) is 19.8 Å². The van der Waals surface area contributed by atoms with Gasteiger partial charge in [-0.25, -0.2) is 4.98 Å². The second-order valence-corrected chi connectivity index (χ2v) is 7.19. The lowest BCUT2D eigenvalue weighted by atomic mass is 9.99. The molecular formula is C20H27N5. The molecule has 2 aliphatic rings. The number of benzene rings is 1. The van der Waals surface area contributed by atoms with Crippen LogP contribution in [0.2, 0.25) is 0 Å². The average Bonchev–Trinajstić information content (AvgIpc) is 2.69. The van der Waals surface area contributed by atoms with Gasteiger partial charge in [-0.05, 0) is 37.0 Å². The van der Waals surface area contributed by atoms with E-state index in [1.165, 1.54) is 18.5 Å². The topological polar surface area (TPSA) is 35.5 Å². The van der Waals surface area contributed by atoms with Gasteiger partial charge in [0.15, 0.2) is 0 Å². The summed E-state index contributed by atoms with van der Waals surface area (Å²) in [5.74, 6) is 2.80. The molecule has 2 aromatic rings. The van der Waals surface area contributed by atoms with E-state index < -0.39 is 0 Å². The van der Waals surface area contributed by atoms with Gasteiger partial charge in [0, 0.05) is 51.2 Å². The van der Waals surface area contributed by atoms with Gasteiger partial charge in [-0.2, -0.15) is 4.98 Å². The van der Waals surface area contributed by atoms with Crippen molar-refractivity contribution in [2.24, 2.45) is 5.92 Å². The van der Waals surface area contributed by atoms with E-state index in [2.05, 4.69) is 63.0 Å². The SMILES string of the molecule is CC1CCN(c2ccnc(N3CCN(c4ccccc4)CC3)n2)CC1. The van der Waals surface area contributed by atoms with Gasteiger partial charge in [-0.3, -0.25) is 0 Å². The second kappa shape index (κ2) is 7.30. The lowest BCUT2D eigenvalue weighted by Gasteiger charge is -2.36. The summed E-state index contributed by atoms with van der Waals surface area (Å²) < 4.78 is 0. The zero-order valence-corrected chi connectivity index (χ0v) is 15.0. The minimum Gasteiger partial charge on any atom is -0.368 e. The van der Waals surface area contributed by atoms with E-state index in [-0.39, 0.29) is 0 Å². The first-order valence-corrected chi connectivity index (χ1v) is 9.42. The Morgan fingerprint density at radius 3 is 2.20 bits per heavy atom. The molecule has 0 bridgehead atoms. The standard InChI is InChI=1S/C20H27N5/c1-17-8-11-24(12-9-17)19-7-10-21-20(22-19)25-15-13-23(14-16-25)18-5-3-2-4-6-18/h2-7,10,17H,8-9,11-16H2,1H3. The number of para-hydroxylation sites is 1. The average molecular weight is 337 g/mol. The van der Waals surface area contributed by atoms with E-state index in [0.29, 0.717) is 0 Å². The zero-order chi connectivity index (χ0) is 17.1. The van der Waals surface area contributed by atoms with Gasteiger partial charge >= 0.3 is 0 Å². The molecule has 2 saturated heterocycles. The molecule has 0 amide bonds. The first-order valence-electron chi connectivity index (χ1n) is 9.42. The van der Waals surface area contributed by atoms with Gasteiger partial charge in [0.1, 0.15) is 5.82 Å². The first-order chi connectivity index (χ1) is 12.3. The summed E-state index contributed by atoms with van der Waals surface area (Å²) in [6.45, 7) is 8.52. The molecule has 2 aliphatic heterocycles. The fourth-order valence-electron chi connectivity index (χ4n) is 3.71. The van der Waals surface area contributed by atoms with Gasteiger partial charge in [0.2, 0.25) is 5.95 Å². The van der Waals surface area contributed by atoms with E-state index in [4.69, 9.17) is 4.98 Å². The molecule has 0 atom stereocenters. The van der Waals surface area contributed by atoms with Crippen LogP contribution in [-0.4, -0.2) is 49.2 Å². The number of anilines is 3. The first kappa shape index (κ1) is 16.2. The van der Waals surface area contributed by atoms with Crippen molar-refractivity contribution >= 4 is 17.5 Å². The van der Waals surface area contributed by atoms with Crippen molar-refractivity contribution < 1.29 is 0 Å². The minimum absolute atomic E-state index is 0.837. The maximum absolute atomic E-state index is 4.87. The molecule has 0 spiro atoms. The Kier molecular flexibility index (Phi) is 4.72. The van der Waals surface area contributed by atoms with E-state index in [1.54, 1.807) is 0 Å². The highest BCUT2D eigenvalue weighted by molar-refractivity contribution is 5.49. The molecule has 0 aliphatic carbocycles. The normalized spacial score (nSPS) is 19.3. The summed E-state index contributed by atoms with van der Waals surface area (Å²) in [5.41, 5.74) is 1.30. The zero-order valence-electron chi connectivity index (χ0n) is 15.0. The van der Waals surface area contributed by atoms with E-state index in [0.717, 1.165) is 57.0 Å². The molecular weight excluding hydrogens is 310 g/mol. The summed E-state index contributed by atoms with van der Waals surface area (Å²) >= 11 is 0. The molecule has 0 saturated carbocycles. The summed E-state index contributed by atoms with van der Waals surface area (Å²) in [7, 11) is 0. The van der Waals surface area contributed by atoms with Crippen molar-refractivity contribution in [3.63, 3.8) is 0 Å². The molecule has 1 aromatic carbocycles. The number of nitrogens with zero attached hydrogens (tertiary/aromatic N) is 5. The molecule has 132 valence electrons. The predicted molar refractivity (Wildman–Crippen MR) is 104 cm³/mol. The summed E-state index contributed by atoms with van der Waals surface area (Å²) in [4.78, 5) is 16.6. The van der Waals surface area contributed by atoms with Crippen molar-refractivity contribution in [1.29, 1.82) is 0 Å². The molecule has 1 aromatic heterocycles. The lowest BCUT2D eigenvalue weighted by molar-refractivity contribution is 0.436. The number of aromatic nitrogens is 2. The van der Waals surface area contributed by atoms with Crippen LogP contribution in [0.3, 0.4) is 0 Å². The van der Waals surface area contributed by atoms with Crippen LogP contribution < -0.4 is 14.7 Å². The molecule has 0 radical (unpaired) electrons. The van der Waals surface area contributed by atoms with Gasteiger partial charge in [-0.15, -0.1) is 0 Å². The smallest absolute Gasteiger partial charge is 0.227 e. The molecule has 4 rings (SSSR count). The summed E-state index contributed by atoms with van der Waals surface area (Å²) in [6.07, 6.45) is 4.43. The number of hydrogen-bond donors (Lipinski definition) is 0. The van der Waals surface area contributed by atoms with Crippen LogP contribution in [0, 0.1) is 5.92 Å². The third kappa shape index (κ3) is 3.70. The van der Waals surface area contributed by atoms with Crippen molar-refractivity contribution in [3.05, 3.63) is 42.6 Å². The fourth-order valence-corrected chi connectivity index (χ4v) is 3.71. The highest BCUT2D eigenvalue weighted by Gasteiger charge is 2.21. The minimum atomic E-state index is 0.837. The van der Waals surface area contributed by atoms with Crippen LogP contribution >= 0.6 is 0 Å². The second-order valence-electron chi connectivity index (χ2n) is 7.19. The van der Waals surface area contributed by atoms with Crippen LogP contribution in [0.15, 0.2) is 42.6 Å². The molecule has 25 heavy (non-hydrogen) atoms. The predicted octanol–water partition coefficient (Wildman–Crippen LogP) is 3.04. The lowest BCUT2D eigenvalue weighted by Crippen LogP contribution is -2.47. The molecule has 2 fully saturated rings. The molecule has 0 unspecified atom stereocenters. The van der Waals surface area contributed by atoms with Gasteiger partial charge < -0.3 is 14.7 Å². The van der Waals surface area contributed by atoms with E-state index in [1.807, 2.05) is 6.20 Å². The number of rotatable bonds is 3. The maximum Gasteiger partial charge on any atom is 0.227 e. The van der Waals surface area contributed by atoms with Crippen LogP contribution in [-0.2, 0) is 0 Å². The molecule has 0 N–H and O–H groups in total. The van der Waals surface area contributed by atoms with Crippen LogP contribution in [0.25, 0.3) is 0 Å². The Morgan fingerprint density at radius 1 is 0.800 bits per heavy atom. The molecule has 5 nitrogen and oxygen atoms in total. The highest BCUT2D eigenvalue weighted by atomic mass is 15.3. The number of hydrogen-bond acceptors (Lipinski definition) is 5. The third-order valence-corrected chi connectivity index (χ3v) is 5.42. The third-order valence-electron chi connectivity index (χ3n) is 5.42. The Bertz CT molecular complexity index is 673. The van der Waals surface area contributed by atoms with Crippen LogP contribution in [0.5, 0.6) is 0 Å². The molecule has 5 heteroatoms. The van der Waals surface area contributed by atoms with Crippen molar-refractivity contribution in [1.82, 2.24) is 9.97 Å². The maximum atomic E-state index is 4.87.